The Labute approximate surface area is 188 Å². The molecule has 0 fully saturated rings. The van der Waals surface area contributed by atoms with Gasteiger partial charge in [-0.3, -0.25) is 4.79 Å². The zero-order valence-electron chi connectivity index (χ0n) is 18.1. The molecule has 1 amide bonds. The van der Waals surface area contributed by atoms with Crippen LogP contribution in [0.5, 0.6) is 0 Å². The molecule has 0 aliphatic carbocycles. The molecule has 160 valence electrons. The lowest BCUT2D eigenvalue weighted by Gasteiger charge is -2.15. The van der Waals surface area contributed by atoms with Gasteiger partial charge in [0, 0.05) is 23.5 Å². The first-order valence-corrected chi connectivity index (χ1v) is 10.9. The van der Waals surface area contributed by atoms with E-state index in [0.29, 0.717) is 22.5 Å². The van der Waals surface area contributed by atoms with Crippen molar-refractivity contribution in [1.29, 1.82) is 5.26 Å². The van der Waals surface area contributed by atoms with Crippen LogP contribution in [-0.2, 0) is 11.3 Å². The van der Waals surface area contributed by atoms with E-state index in [9.17, 15) is 10.1 Å². The Bertz CT molecular complexity index is 1170. The van der Waals surface area contributed by atoms with Gasteiger partial charge >= 0.3 is 0 Å². The number of carbonyl (C=O) groups is 1. The van der Waals surface area contributed by atoms with Gasteiger partial charge in [-0.15, -0.1) is 0 Å². The first kappa shape index (κ1) is 21.4. The highest BCUT2D eigenvalue weighted by molar-refractivity contribution is 6.37. The van der Waals surface area contributed by atoms with Gasteiger partial charge in [-0.1, -0.05) is 55.8 Å². The van der Waals surface area contributed by atoms with Crippen molar-refractivity contribution in [2.75, 3.05) is 17.2 Å². The summed E-state index contributed by atoms with van der Waals surface area (Å²) >= 11 is 0. The molecule has 0 aromatic heterocycles. The average Bonchev–Trinajstić information content (AvgIpc) is 3.16. The topological polar surface area (TPSA) is 76.9 Å². The number of benzene rings is 3. The predicted octanol–water partition coefficient (Wildman–Crippen LogP) is 5.38. The first-order valence-electron chi connectivity index (χ1n) is 10.9. The van der Waals surface area contributed by atoms with Crippen LogP contribution < -0.4 is 16.0 Å². The van der Waals surface area contributed by atoms with Crippen LogP contribution in [0.2, 0.25) is 0 Å². The second kappa shape index (κ2) is 9.95. The van der Waals surface area contributed by atoms with Crippen molar-refractivity contribution in [2.45, 2.75) is 26.3 Å². The summed E-state index contributed by atoms with van der Waals surface area (Å²) in [5.74, 6) is -0.182. The summed E-state index contributed by atoms with van der Waals surface area (Å²) < 4.78 is 0. The second-order valence-electron chi connectivity index (χ2n) is 7.79. The Balaban J connectivity index is 1.68. The number of nitriles is 1. The number of anilines is 2. The van der Waals surface area contributed by atoms with Crippen LogP contribution in [0.1, 0.15) is 42.0 Å². The Hall–Kier alpha value is -3.88. The van der Waals surface area contributed by atoms with Gasteiger partial charge in [0.05, 0.1) is 22.9 Å². The number of hydrogen-bond donors (Lipinski definition) is 3. The van der Waals surface area contributed by atoms with E-state index in [0.717, 1.165) is 29.9 Å². The lowest BCUT2D eigenvalue weighted by molar-refractivity contribution is -0.110. The van der Waals surface area contributed by atoms with Gasteiger partial charge in [0.25, 0.3) is 5.91 Å². The molecule has 4 rings (SSSR count). The highest BCUT2D eigenvalue weighted by Gasteiger charge is 2.28. The van der Waals surface area contributed by atoms with Crippen molar-refractivity contribution in [3.05, 3.63) is 95.1 Å². The summed E-state index contributed by atoms with van der Waals surface area (Å²) in [6, 6.07) is 25.4. The third kappa shape index (κ3) is 4.72. The van der Waals surface area contributed by atoms with Crippen molar-refractivity contribution in [3.63, 3.8) is 0 Å². The van der Waals surface area contributed by atoms with Gasteiger partial charge < -0.3 is 16.0 Å². The summed E-state index contributed by atoms with van der Waals surface area (Å²) in [6.45, 7) is 4.03. The fraction of sp³-hybridized carbons (Fsp3) is 0.185. The van der Waals surface area contributed by atoms with Crippen molar-refractivity contribution < 1.29 is 4.79 Å². The van der Waals surface area contributed by atoms with E-state index in [4.69, 9.17) is 0 Å². The van der Waals surface area contributed by atoms with Crippen molar-refractivity contribution in [3.8, 4) is 6.07 Å². The average molecular weight is 423 g/mol. The number of carbonyl (C=O) groups excluding carboxylic acids is 1. The lowest BCUT2D eigenvalue weighted by atomic mass is 9.98. The molecule has 1 heterocycles. The van der Waals surface area contributed by atoms with Crippen LogP contribution in [0.3, 0.4) is 0 Å². The van der Waals surface area contributed by atoms with E-state index in [2.05, 4.69) is 41.1 Å². The molecular formula is C27H26N4O. The summed E-state index contributed by atoms with van der Waals surface area (Å²) in [5, 5.41) is 19.2. The molecule has 0 bridgehead atoms. The molecule has 1 aliphatic rings. The maximum Gasteiger partial charge on any atom is 0.258 e. The highest BCUT2D eigenvalue weighted by Crippen LogP contribution is 2.38. The molecule has 0 atom stereocenters. The number of nitrogens with zero attached hydrogens (tertiary/aromatic N) is 1. The van der Waals surface area contributed by atoms with E-state index in [1.54, 1.807) is 18.2 Å². The van der Waals surface area contributed by atoms with E-state index in [1.807, 2.05) is 42.5 Å². The fourth-order valence-electron chi connectivity index (χ4n) is 3.75. The molecule has 32 heavy (non-hydrogen) atoms. The van der Waals surface area contributed by atoms with Gasteiger partial charge in [0.2, 0.25) is 0 Å². The molecule has 3 N–H and O–H groups in total. The number of fused-ring (bicyclic) bond motifs is 1. The Morgan fingerprint density at radius 1 is 1.03 bits per heavy atom. The normalized spacial score (nSPS) is 13.8. The minimum atomic E-state index is -0.182. The molecule has 0 radical (unpaired) electrons. The Morgan fingerprint density at radius 3 is 2.53 bits per heavy atom. The van der Waals surface area contributed by atoms with Gasteiger partial charge in [-0.05, 0) is 54.4 Å². The SMILES string of the molecule is CCCCNCc1ccc(NC(=C2C(=O)Nc3ccc(C#N)cc32)c2ccccc2)cc1. The third-order valence-electron chi connectivity index (χ3n) is 5.47. The molecule has 3 aromatic rings. The van der Waals surface area contributed by atoms with E-state index in [-0.39, 0.29) is 5.91 Å². The van der Waals surface area contributed by atoms with E-state index < -0.39 is 0 Å². The molecule has 5 heteroatoms. The first-order chi connectivity index (χ1) is 15.7. The van der Waals surface area contributed by atoms with Crippen LogP contribution in [0, 0.1) is 11.3 Å². The number of amides is 1. The van der Waals surface area contributed by atoms with Crippen LogP contribution in [0.4, 0.5) is 11.4 Å². The maximum absolute atomic E-state index is 13.0. The minimum absolute atomic E-state index is 0.182. The number of nitrogens with one attached hydrogen (secondary N) is 3. The molecule has 0 unspecified atom stereocenters. The number of rotatable bonds is 8. The van der Waals surface area contributed by atoms with Crippen molar-refractivity contribution in [2.24, 2.45) is 0 Å². The van der Waals surface area contributed by atoms with Gasteiger partial charge in [0.15, 0.2) is 0 Å². The fourth-order valence-corrected chi connectivity index (χ4v) is 3.75. The molecular weight excluding hydrogens is 396 g/mol. The van der Waals surface area contributed by atoms with Crippen LogP contribution in [-0.4, -0.2) is 12.5 Å². The van der Waals surface area contributed by atoms with E-state index in [1.165, 1.54) is 18.4 Å². The Morgan fingerprint density at radius 2 is 1.81 bits per heavy atom. The summed E-state index contributed by atoms with van der Waals surface area (Å²) in [5.41, 5.74) is 6.22. The summed E-state index contributed by atoms with van der Waals surface area (Å²) in [7, 11) is 0. The zero-order chi connectivity index (χ0) is 22.3. The second-order valence-corrected chi connectivity index (χ2v) is 7.79. The predicted molar refractivity (Wildman–Crippen MR) is 130 cm³/mol. The monoisotopic (exact) mass is 422 g/mol. The Kier molecular flexibility index (Phi) is 6.64. The molecule has 3 aromatic carbocycles. The van der Waals surface area contributed by atoms with Gasteiger partial charge in [-0.2, -0.15) is 5.26 Å². The quantitative estimate of drug-likeness (QED) is 0.336. The third-order valence-corrected chi connectivity index (χ3v) is 5.47. The van der Waals surface area contributed by atoms with Crippen LogP contribution in [0.15, 0.2) is 72.8 Å². The minimum Gasteiger partial charge on any atom is -0.354 e. The summed E-state index contributed by atoms with van der Waals surface area (Å²) in [6.07, 6.45) is 2.35. The van der Waals surface area contributed by atoms with Crippen molar-refractivity contribution in [1.82, 2.24) is 5.32 Å². The summed E-state index contributed by atoms with van der Waals surface area (Å²) in [4.78, 5) is 13.0. The standard InChI is InChI=1S/C27H26N4O/c1-2-3-15-29-18-19-9-12-22(13-10-19)30-26(21-7-5-4-6-8-21)25-23-16-20(17-28)11-14-24(23)31-27(25)32/h4-14,16,29-30H,2-3,15,18H2,1H3,(H,31,32). The van der Waals surface area contributed by atoms with Crippen LogP contribution >= 0.6 is 0 Å². The molecule has 5 nitrogen and oxygen atoms in total. The largest absolute Gasteiger partial charge is 0.354 e. The molecule has 1 aliphatic heterocycles. The maximum atomic E-state index is 13.0. The van der Waals surface area contributed by atoms with Crippen molar-refractivity contribution >= 4 is 28.6 Å². The number of unbranched alkanes of at least 4 members (excludes halogenated alkanes) is 1. The van der Waals surface area contributed by atoms with E-state index >= 15 is 0 Å². The highest BCUT2D eigenvalue weighted by atomic mass is 16.2. The number of hydrogen-bond acceptors (Lipinski definition) is 4. The van der Waals surface area contributed by atoms with Gasteiger partial charge in [0.1, 0.15) is 0 Å². The molecule has 0 spiro atoms. The van der Waals surface area contributed by atoms with Gasteiger partial charge in [-0.25, -0.2) is 0 Å². The zero-order valence-corrected chi connectivity index (χ0v) is 18.1. The lowest BCUT2D eigenvalue weighted by Crippen LogP contribution is -2.14. The molecule has 0 saturated carbocycles. The molecule has 0 saturated heterocycles. The van der Waals surface area contributed by atoms with Crippen LogP contribution in [0.25, 0.3) is 11.3 Å². The smallest absolute Gasteiger partial charge is 0.258 e.